The van der Waals surface area contributed by atoms with Crippen LogP contribution in [0.2, 0.25) is 0 Å². The van der Waals surface area contributed by atoms with Crippen molar-refractivity contribution in [2.45, 2.75) is 70.3 Å². The van der Waals surface area contributed by atoms with Crippen molar-refractivity contribution in [1.82, 2.24) is 0 Å². The summed E-state index contributed by atoms with van der Waals surface area (Å²) in [6.07, 6.45) is 3.22. The molecular weight excluding hydrogens is 1510 g/mol. The lowest BCUT2D eigenvalue weighted by Gasteiger charge is -1.96. The van der Waals surface area contributed by atoms with Crippen LogP contribution in [0.1, 0.15) is 247 Å². The van der Waals surface area contributed by atoms with Gasteiger partial charge in [0.2, 0.25) is 63.4 Å². The molecule has 0 aliphatic carbocycles. The summed E-state index contributed by atoms with van der Waals surface area (Å²) < 4.78 is 60.5. The van der Waals surface area contributed by atoms with Gasteiger partial charge in [-0.3, -0.25) is 33.6 Å². The molecule has 0 fully saturated rings. The Bertz CT molecular complexity index is 4270. The molecule has 10 aromatic rings. The number of rotatable bonds is 24. The highest BCUT2D eigenvalue weighted by atomic mass is 16.6. The molecule has 11 N–H and O–H groups in total. The number of aliphatic hydroxyl groups excluding tert-OH is 1. The molecule has 42 nitrogen and oxygen atoms in total. The van der Waals surface area contributed by atoms with Gasteiger partial charge in [-0.15, -0.1) is 0 Å². The number of hydrogen-bond donors (Lipinski definition) is 11. The molecule has 0 saturated carbocycles. The molecule has 10 heterocycles. The van der Waals surface area contributed by atoms with Gasteiger partial charge in [-0.05, 0) is 135 Å². The van der Waals surface area contributed by atoms with E-state index < -0.39 is 65.7 Å². The number of furan rings is 10. The summed E-state index contributed by atoms with van der Waals surface area (Å²) in [4.78, 5) is 183. The zero-order valence-electron chi connectivity index (χ0n) is 55.1. The molecule has 0 radical (unpaired) electrons. The minimum absolute atomic E-state index is 0. The Labute approximate surface area is 628 Å². The van der Waals surface area contributed by atoms with Crippen LogP contribution in [0.5, 0.6) is 0 Å². The van der Waals surface area contributed by atoms with Crippen LogP contribution in [0, 0.1) is 0 Å². The van der Waals surface area contributed by atoms with Crippen molar-refractivity contribution < 1.29 is 201 Å². The number of aliphatic hydroxyl groups is 1. The third kappa shape index (κ3) is 39.5. The van der Waals surface area contributed by atoms with Crippen molar-refractivity contribution in [3.63, 3.8) is 0 Å². The molecule has 0 atom stereocenters. The molecule has 42 heteroatoms. The van der Waals surface area contributed by atoms with Crippen molar-refractivity contribution in [3.05, 3.63) is 237 Å². The van der Waals surface area contributed by atoms with Crippen LogP contribution in [0.25, 0.3) is 0 Å². The molecule has 0 saturated heterocycles. The molecule has 0 aliphatic heterocycles. The van der Waals surface area contributed by atoms with Crippen LogP contribution in [0.3, 0.4) is 0 Å². The molecule has 0 spiro atoms. The fraction of sp³-hybridized carbons (Fsp3) is 0.171. The maximum atomic E-state index is 11.0. The number of esters is 2. The number of hydrogen-bond acceptors (Lipinski definition) is 32. The van der Waals surface area contributed by atoms with Gasteiger partial charge in [-0.1, -0.05) is 29.7 Å². The fourth-order valence-electron chi connectivity index (χ4n) is 6.05. The van der Waals surface area contributed by atoms with E-state index in [9.17, 15) is 86.3 Å². The fourth-order valence-corrected chi connectivity index (χ4v) is 6.05. The molecule has 0 aromatic carbocycles. The van der Waals surface area contributed by atoms with Crippen LogP contribution in [0.15, 0.2) is 165 Å². The Hall–Kier alpha value is -15.6. The number of aldehydes is 6. The molecule has 0 unspecified atom stereocenters. The minimum Gasteiger partial charge on any atom is -0.475 e. The first-order valence-corrected chi connectivity index (χ1v) is 28.6. The van der Waals surface area contributed by atoms with Gasteiger partial charge in [-0.2, -0.15) is 0 Å². The van der Waals surface area contributed by atoms with Gasteiger partial charge >= 0.3 is 71.6 Å². The van der Waals surface area contributed by atoms with E-state index in [1.807, 2.05) is 6.92 Å². The standard InChI is InChI=1S/C8H8O5.C8H8O4.C8H10O3.3C6H4O5.3C6H4O4.C6H6O3.4CH4/c1-2-12-8(11)6-4-3-5(13-6)7(9)10;1-6(10)11-5-8-3-2-7(4-9)12-8;1-2-10-6-8-4-3-7(5-9)11-8;3*7-5(8)3-1-2-4(11-3)6(9)10;3*7-3-4-1-2-5(10-4)6(8)9;7-3-5-1-2-6(4-8)9-5;;;;/h3-4H,2H2,1H3,(H,9,10);2-4H,5H2,1H3;3-5H,2,6H2,1H3;3*1-2H,(H,7,8)(H,9,10);3*1-3H,(H,8,9);1-3,8H,4H2;4*1H4. The lowest BCUT2D eigenvalue weighted by Crippen LogP contribution is -2.03. The number of carbonyl (C=O) groups excluding carboxylic acids is 8. The molecule has 0 bridgehead atoms. The van der Waals surface area contributed by atoms with Gasteiger partial charge in [0, 0.05) is 13.5 Å². The van der Waals surface area contributed by atoms with E-state index in [0.717, 1.165) is 36.4 Å². The van der Waals surface area contributed by atoms with E-state index in [1.54, 1.807) is 31.2 Å². The van der Waals surface area contributed by atoms with Crippen molar-refractivity contribution in [3.8, 4) is 0 Å². The zero-order chi connectivity index (χ0) is 81.6. The van der Waals surface area contributed by atoms with E-state index in [2.05, 4.69) is 40.4 Å². The summed E-state index contributed by atoms with van der Waals surface area (Å²) >= 11 is 0. The third-order valence-electron chi connectivity index (χ3n) is 10.7. The lowest BCUT2D eigenvalue weighted by molar-refractivity contribution is -0.142. The summed E-state index contributed by atoms with van der Waals surface area (Å²) in [5, 5.41) is 91.5. The topological polar surface area (TPSA) is 689 Å². The molecular formula is C70H72O42. The number of carbonyl (C=O) groups is 18. The van der Waals surface area contributed by atoms with Crippen LogP contribution in [-0.4, -0.2) is 179 Å². The summed E-state index contributed by atoms with van der Waals surface area (Å²) in [5.74, 6) is -14.2. The van der Waals surface area contributed by atoms with Crippen molar-refractivity contribution in [2.24, 2.45) is 0 Å². The molecule has 10 rings (SSSR count). The number of ether oxygens (including phenoxy) is 3. The average molecular weight is 1590 g/mol. The predicted molar refractivity (Wildman–Crippen MR) is 369 cm³/mol. The molecule has 0 aliphatic rings. The van der Waals surface area contributed by atoms with Gasteiger partial charge in [0.25, 0.3) is 0 Å². The van der Waals surface area contributed by atoms with Crippen LogP contribution >= 0.6 is 0 Å². The smallest absolute Gasteiger partial charge is 0.374 e. The van der Waals surface area contributed by atoms with E-state index in [4.69, 9.17) is 74.2 Å². The third-order valence-corrected chi connectivity index (χ3v) is 10.7. The Kier molecular flexibility index (Phi) is 50.4. The van der Waals surface area contributed by atoms with Crippen molar-refractivity contribution in [1.29, 1.82) is 0 Å². The Morgan fingerprint density at radius 3 is 0.670 bits per heavy atom. The summed E-state index contributed by atoms with van der Waals surface area (Å²) in [7, 11) is 0. The first-order valence-electron chi connectivity index (χ1n) is 28.6. The SMILES string of the molecule is C.C.C.C.CC(=O)OCc1ccc(C=O)o1.CCOC(=O)c1ccc(C(=O)O)o1.CCOCc1ccc(C=O)o1.O=C(O)c1ccc(C(=O)O)o1.O=C(O)c1ccc(C(=O)O)o1.O=C(O)c1ccc(C(=O)O)o1.O=Cc1ccc(C(=O)O)o1.O=Cc1ccc(C(=O)O)o1.O=Cc1ccc(C(=O)O)o1.O=Cc1ccc(CO)o1. The van der Waals surface area contributed by atoms with Crippen LogP contribution in [-0.2, 0) is 38.8 Å². The monoisotopic (exact) mass is 1580 g/mol. The first kappa shape index (κ1) is 103. The van der Waals surface area contributed by atoms with Gasteiger partial charge in [0.15, 0.2) is 72.3 Å². The number of aromatic carboxylic acids is 10. The van der Waals surface area contributed by atoms with E-state index in [1.165, 1.54) is 67.6 Å². The van der Waals surface area contributed by atoms with E-state index >= 15 is 0 Å². The number of carboxylic acids is 10. The maximum Gasteiger partial charge on any atom is 0.374 e. The van der Waals surface area contributed by atoms with Gasteiger partial charge < -0.3 is 115 Å². The first-order chi connectivity index (χ1) is 51.1. The zero-order valence-corrected chi connectivity index (χ0v) is 55.1. The maximum absolute atomic E-state index is 11.0. The molecule has 112 heavy (non-hydrogen) atoms. The second kappa shape index (κ2) is 54.9. The lowest BCUT2D eigenvalue weighted by atomic mass is 10.4. The molecule has 10 aromatic heterocycles. The Morgan fingerprint density at radius 2 is 0.482 bits per heavy atom. The molecule has 0 amide bonds. The van der Waals surface area contributed by atoms with E-state index in [0.29, 0.717) is 74.0 Å². The van der Waals surface area contributed by atoms with Gasteiger partial charge in [0.1, 0.15) is 37.1 Å². The predicted octanol–water partition coefficient (Wildman–Crippen LogP) is 11.5. The van der Waals surface area contributed by atoms with Crippen LogP contribution in [0.4, 0.5) is 0 Å². The minimum atomic E-state index is -1.28. The van der Waals surface area contributed by atoms with E-state index in [-0.39, 0.29) is 148 Å². The largest absolute Gasteiger partial charge is 0.475 e. The summed E-state index contributed by atoms with van der Waals surface area (Å²) in [6.45, 7) is 6.09. The molecule has 604 valence electrons. The van der Waals surface area contributed by atoms with Crippen molar-refractivity contribution >= 4 is 109 Å². The highest BCUT2D eigenvalue weighted by Gasteiger charge is 2.18. The van der Waals surface area contributed by atoms with Gasteiger partial charge in [-0.25, -0.2) is 52.7 Å². The van der Waals surface area contributed by atoms with Gasteiger partial charge in [0.05, 0.1) is 6.61 Å². The second-order valence-electron chi connectivity index (χ2n) is 18.2. The normalized spacial score (nSPS) is 9.11. The quantitative estimate of drug-likeness (QED) is 0.0198. The average Bonchev–Trinajstić information content (AvgIpc) is 1.81. The Morgan fingerprint density at radius 1 is 0.277 bits per heavy atom. The van der Waals surface area contributed by atoms with Crippen molar-refractivity contribution in [2.75, 3.05) is 13.2 Å². The highest BCUT2D eigenvalue weighted by molar-refractivity contribution is 5.92. The van der Waals surface area contributed by atoms with Crippen LogP contribution < -0.4 is 0 Å². The Balaban J connectivity index is -0.000000577. The summed E-state index contributed by atoms with van der Waals surface area (Å²) in [6, 6.07) is 26.1. The second-order valence-corrected chi connectivity index (χ2v) is 18.2. The number of carboxylic acid groups (broad SMARTS) is 10. The summed E-state index contributed by atoms with van der Waals surface area (Å²) in [5.41, 5.74) is 0. The highest BCUT2D eigenvalue weighted by Crippen LogP contribution is 2.14.